The van der Waals surface area contributed by atoms with Crippen molar-refractivity contribution < 1.29 is 0 Å². The van der Waals surface area contributed by atoms with Crippen molar-refractivity contribution in [2.24, 2.45) is 0 Å². The Balaban J connectivity index is 2.39. The molecule has 0 fully saturated rings. The molecule has 0 spiro atoms. The molecule has 0 saturated heterocycles. The summed E-state index contributed by atoms with van der Waals surface area (Å²) in [5.74, 6) is 6.35. The monoisotopic (exact) mass is 151 g/mol. The van der Waals surface area contributed by atoms with E-state index in [1.54, 1.807) is 0 Å². The molecule has 0 amide bonds. The third-order valence-electron chi connectivity index (χ3n) is 2.13. The maximum atomic E-state index is 3.18. The van der Waals surface area contributed by atoms with Gasteiger partial charge in [0.15, 0.2) is 0 Å². The van der Waals surface area contributed by atoms with Gasteiger partial charge in [0, 0.05) is 25.4 Å². The summed E-state index contributed by atoms with van der Waals surface area (Å²) < 4.78 is 0. The van der Waals surface area contributed by atoms with Crippen molar-refractivity contribution in [3.8, 4) is 11.8 Å². The van der Waals surface area contributed by atoms with Crippen LogP contribution in [0.2, 0.25) is 0 Å². The Hall–Kier alpha value is -0.480. The van der Waals surface area contributed by atoms with Gasteiger partial charge in [0.1, 0.15) is 0 Å². The van der Waals surface area contributed by atoms with E-state index in [1.807, 2.05) is 0 Å². The van der Waals surface area contributed by atoms with Crippen LogP contribution in [0, 0.1) is 11.8 Å². The van der Waals surface area contributed by atoms with Crippen LogP contribution >= 0.6 is 0 Å². The first-order valence-electron chi connectivity index (χ1n) is 4.50. The van der Waals surface area contributed by atoms with Gasteiger partial charge in [-0.25, -0.2) is 0 Å². The summed E-state index contributed by atoms with van der Waals surface area (Å²) in [6, 6.07) is 0.690. The molecule has 0 bridgehead atoms. The van der Waals surface area contributed by atoms with Crippen molar-refractivity contribution in [3.05, 3.63) is 0 Å². The summed E-state index contributed by atoms with van der Waals surface area (Å²) in [4.78, 5) is 2.51. The summed E-state index contributed by atoms with van der Waals surface area (Å²) in [6.45, 7) is 6.90. The first-order valence-corrected chi connectivity index (χ1v) is 4.50. The van der Waals surface area contributed by atoms with Crippen LogP contribution in [0.3, 0.4) is 0 Å². The van der Waals surface area contributed by atoms with Crippen molar-refractivity contribution in [1.82, 2.24) is 4.90 Å². The minimum absolute atomic E-state index is 0.690. The molecular weight excluding hydrogens is 134 g/mol. The summed E-state index contributed by atoms with van der Waals surface area (Å²) >= 11 is 0. The topological polar surface area (TPSA) is 3.24 Å². The Morgan fingerprint density at radius 2 is 1.82 bits per heavy atom. The highest BCUT2D eigenvalue weighted by atomic mass is 15.1. The van der Waals surface area contributed by atoms with E-state index in [2.05, 4.69) is 30.6 Å². The molecule has 0 aliphatic carbocycles. The summed E-state index contributed by atoms with van der Waals surface area (Å²) in [5.41, 5.74) is 0. The predicted molar refractivity (Wildman–Crippen MR) is 48.3 cm³/mol. The number of rotatable bonds is 1. The highest BCUT2D eigenvalue weighted by Gasteiger charge is 2.07. The van der Waals surface area contributed by atoms with E-state index < -0.39 is 0 Å². The fourth-order valence-electron chi connectivity index (χ4n) is 1.38. The zero-order valence-electron chi connectivity index (χ0n) is 7.56. The second kappa shape index (κ2) is 4.41. The van der Waals surface area contributed by atoms with Gasteiger partial charge in [0.25, 0.3) is 0 Å². The van der Waals surface area contributed by atoms with Crippen LogP contribution in [0.25, 0.3) is 0 Å². The average Bonchev–Trinajstić information content (AvgIpc) is 1.84. The second-order valence-electron chi connectivity index (χ2n) is 3.34. The molecule has 0 atom stereocenters. The third-order valence-corrected chi connectivity index (χ3v) is 2.13. The normalized spacial score (nSPS) is 20.3. The molecule has 0 aromatic rings. The lowest BCUT2D eigenvalue weighted by Crippen LogP contribution is -2.33. The van der Waals surface area contributed by atoms with Crippen LogP contribution in [-0.4, -0.2) is 24.0 Å². The molecule has 1 aliphatic heterocycles. The Morgan fingerprint density at radius 3 is 2.55 bits per heavy atom. The van der Waals surface area contributed by atoms with E-state index in [1.165, 1.54) is 13.0 Å². The van der Waals surface area contributed by atoms with E-state index in [4.69, 9.17) is 0 Å². The lowest BCUT2D eigenvalue weighted by atomic mass is 10.2. The lowest BCUT2D eigenvalue weighted by molar-refractivity contribution is 0.224. The van der Waals surface area contributed by atoms with Crippen LogP contribution in [0.4, 0.5) is 0 Å². The summed E-state index contributed by atoms with van der Waals surface area (Å²) in [7, 11) is 0. The van der Waals surface area contributed by atoms with E-state index in [0.717, 1.165) is 19.4 Å². The van der Waals surface area contributed by atoms with Crippen molar-refractivity contribution in [3.63, 3.8) is 0 Å². The maximum Gasteiger partial charge on any atom is 0.0217 e. The molecule has 1 heterocycles. The largest absolute Gasteiger partial charge is 0.300 e. The molecule has 0 unspecified atom stereocenters. The van der Waals surface area contributed by atoms with Gasteiger partial charge in [0.05, 0.1) is 0 Å². The molecule has 1 nitrogen and oxygen atoms in total. The van der Waals surface area contributed by atoms with Gasteiger partial charge in [-0.2, -0.15) is 0 Å². The third kappa shape index (κ3) is 2.95. The molecule has 1 aliphatic rings. The van der Waals surface area contributed by atoms with Gasteiger partial charge in [-0.1, -0.05) is 0 Å². The van der Waals surface area contributed by atoms with Crippen molar-refractivity contribution >= 4 is 0 Å². The van der Waals surface area contributed by atoms with Gasteiger partial charge in [-0.3, -0.25) is 4.90 Å². The molecule has 11 heavy (non-hydrogen) atoms. The fourth-order valence-corrected chi connectivity index (χ4v) is 1.38. The van der Waals surface area contributed by atoms with E-state index in [-0.39, 0.29) is 0 Å². The lowest BCUT2D eigenvalue weighted by Gasteiger charge is -2.25. The zero-order valence-corrected chi connectivity index (χ0v) is 7.56. The van der Waals surface area contributed by atoms with Gasteiger partial charge in [0.2, 0.25) is 0 Å². The average molecular weight is 151 g/mol. The van der Waals surface area contributed by atoms with Crippen LogP contribution < -0.4 is 0 Å². The highest BCUT2D eigenvalue weighted by Crippen LogP contribution is 2.04. The minimum atomic E-state index is 0.690. The van der Waals surface area contributed by atoms with Gasteiger partial charge < -0.3 is 0 Å². The standard InChI is InChI=1S/C10H17N/c1-10(2)11-8-6-4-3-5-7-9-11/h10H,4,6-9H2,1-2H3. The fraction of sp³-hybridized carbons (Fsp3) is 0.800. The molecule has 0 N–H and O–H groups in total. The van der Waals surface area contributed by atoms with Crippen LogP contribution in [-0.2, 0) is 0 Å². The minimum Gasteiger partial charge on any atom is -0.300 e. The maximum absolute atomic E-state index is 3.18. The Labute approximate surface area is 69.8 Å². The number of nitrogens with zero attached hydrogens (tertiary/aromatic N) is 1. The smallest absolute Gasteiger partial charge is 0.0217 e. The number of hydrogen-bond donors (Lipinski definition) is 0. The Kier molecular flexibility index (Phi) is 3.45. The SMILES string of the molecule is CC(C)N1CCC#CCCC1. The van der Waals surface area contributed by atoms with E-state index >= 15 is 0 Å². The zero-order chi connectivity index (χ0) is 8.10. The van der Waals surface area contributed by atoms with Crippen molar-refractivity contribution in [2.45, 2.75) is 39.2 Å². The first kappa shape index (κ1) is 8.62. The van der Waals surface area contributed by atoms with E-state index in [0.29, 0.717) is 6.04 Å². The molecular formula is C10H17N. The Bertz CT molecular complexity index is 161. The molecule has 1 heteroatoms. The predicted octanol–water partition coefficient (Wildman–Crippen LogP) is 1.88. The molecule has 0 aromatic carbocycles. The Morgan fingerprint density at radius 1 is 1.09 bits per heavy atom. The second-order valence-corrected chi connectivity index (χ2v) is 3.34. The summed E-state index contributed by atoms with van der Waals surface area (Å²) in [6.07, 6.45) is 3.38. The van der Waals surface area contributed by atoms with Crippen molar-refractivity contribution in [1.29, 1.82) is 0 Å². The molecule has 62 valence electrons. The molecule has 0 saturated carbocycles. The number of hydrogen-bond acceptors (Lipinski definition) is 1. The molecule has 1 rings (SSSR count). The summed E-state index contributed by atoms with van der Waals surface area (Å²) in [5, 5.41) is 0. The quantitative estimate of drug-likeness (QED) is 0.517. The van der Waals surface area contributed by atoms with Crippen LogP contribution in [0.1, 0.15) is 33.1 Å². The first-order chi connectivity index (χ1) is 5.30. The van der Waals surface area contributed by atoms with Gasteiger partial charge in [-0.15, -0.1) is 11.8 Å². The van der Waals surface area contributed by atoms with E-state index in [9.17, 15) is 0 Å². The highest BCUT2D eigenvalue weighted by molar-refractivity contribution is 5.00. The van der Waals surface area contributed by atoms with Crippen LogP contribution in [0.15, 0.2) is 0 Å². The molecule has 0 radical (unpaired) electrons. The van der Waals surface area contributed by atoms with Crippen molar-refractivity contribution in [2.75, 3.05) is 13.1 Å². The molecule has 0 aromatic heterocycles. The van der Waals surface area contributed by atoms with Crippen LogP contribution in [0.5, 0.6) is 0 Å². The van der Waals surface area contributed by atoms with Gasteiger partial charge >= 0.3 is 0 Å². The van der Waals surface area contributed by atoms with Gasteiger partial charge in [-0.05, 0) is 26.8 Å².